The van der Waals surface area contributed by atoms with E-state index < -0.39 is 0 Å². The number of rotatable bonds is 2. The minimum atomic E-state index is 0.0243. The van der Waals surface area contributed by atoms with Crippen molar-refractivity contribution in [3.8, 4) is 0 Å². The SMILES string of the molecule is C[C@@H]1C2CC3C[C@@H]1CC(NC(=O)CCl)(C3)C2. The van der Waals surface area contributed by atoms with Gasteiger partial charge < -0.3 is 5.32 Å². The van der Waals surface area contributed by atoms with E-state index in [4.69, 9.17) is 11.6 Å². The van der Waals surface area contributed by atoms with Gasteiger partial charge in [0.15, 0.2) is 0 Å². The minimum Gasteiger partial charge on any atom is -0.350 e. The molecule has 4 aliphatic rings. The molecule has 0 aliphatic heterocycles. The Hall–Kier alpha value is -0.240. The predicted octanol–water partition coefficient (Wildman–Crippen LogP) is 2.56. The second kappa shape index (κ2) is 3.63. The van der Waals surface area contributed by atoms with Crippen LogP contribution in [0.4, 0.5) is 0 Å². The Morgan fingerprint density at radius 2 is 1.94 bits per heavy atom. The first-order valence-corrected chi connectivity index (χ1v) is 7.02. The number of carbonyl (C=O) groups excluding carboxylic acids is 1. The van der Waals surface area contributed by atoms with Crippen molar-refractivity contribution >= 4 is 17.5 Å². The van der Waals surface area contributed by atoms with E-state index in [-0.39, 0.29) is 17.3 Å². The number of amides is 1. The van der Waals surface area contributed by atoms with Gasteiger partial charge in [0, 0.05) is 5.54 Å². The van der Waals surface area contributed by atoms with Crippen LogP contribution in [0.15, 0.2) is 0 Å². The highest BCUT2D eigenvalue weighted by Gasteiger charge is 2.54. The zero-order valence-corrected chi connectivity index (χ0v) is 10.6. The number of halogens is 1. The maximum absolute atomic E-state index is 11.5. The van der Waals surface area contributed by atoms with E-state index in [9.17, 15) is 4.79 Å². The summed E-state index contributed by atoms with van der Waals surface area (Å²) in [5, 5.41) is 3.22. The molecule has 2 nitrogen and oxygen atoms in total. The number of hydrogen-bond donors (Lipinski definition) is 1. The third-order valence-electron chi connectivity index (χ3n) is 5.27. The molecule has 4 bridgehead atoms. The van der Waals surface area contributed by atoms with E-state index in [1.54, 1.807) is 0 Å². The lowest BCUT2D eigenvalue weighted by Crippen LogP contribution is -2.62. The van der Waals surface area contributed by atoms with Gasteiger partial charge in [0.05, 0.1) is 0 Å². The molecule has 90 valence electrons. The van der Waals surface area contributed by atoms with Crippen molar-refractivity contribution in [1.82, 2.24) is 5.32 Å². The first kappa shape index (κ1) is 10.9. The molecule has 16 heavy (non-hydrogen) atoms. The summed E-state index contributed by atoms with van der Waals surface area (Å²) in [6.45, 7) is 2.41. The normalized spacial score (nSPS) is 49.4. The van der Waals surface area contributed by atoms with E-state index in [1.807, 2.05) is 0 Å². The van der Waals surface area contributed by atoms with Crippen LogP contribution < -0.4 is 5.32 Å². The highest BCUT2D eigenvalue weighted by molar-refractivity contribution is 6.27. The van der Waals surface area contributed by atoms with Crippen molar-refractivity contribution in [3.05, 3.63) is 0 Å². The number of nitrogens with one attached hydrogen (secondary N) is 1. The molecule has 0 aromatic heterocycles. The van der Waals surface area contributed by atoms with Crippen molar-refractivity contribution < 1.29 is 4.79 Å². The Labute approximate surface area is 102 Å². The number of alkyl halides is 1. The Kier molecular flexibility index (Phi) is 2.47. The van der Waals surface area contributed by atoms with Crippen LogP contribution in [0.2, 0.25) is 0 Å². The third-order valence-corrected chi connectivity index (χ3v) is 5.51. The molecule has 5 atom stereocenters. The Morgan fingerprint density at radius 3 is 2.50 bits per heavy atom. The zero-order valence-electron chi connectivity index (χ0n) is 9.84. The van der Waals surface area contributed by atoms with Crippen LogP contribution in [0.1, 0.15) is 39.0 Å². The summed E-state index contributed by atoms with van der Waals surface area (Å²) >= 11 is 5.61. The molecule has 0 spiro atoms. The standard InChI is InChI=1S/C13H20ClNO/c1-8-10-2-9-3-11(8)6-13(4-9,5-10)15-12(16)7-14/h8-11H,2-7H2,1H3,(H,15,16)/t8-,9?,10+,11?,13?/m0/s1. The smallest absolute Gasteiger partial charge is 0.235 e. The molecule has 4 saturated carbocycles. The fourth-order valence-corrected chi connectivity index (χ4v) is 4.83. The Morgan fingerprint density at radius 1 is 1.31 bits per heavy atom. The van der Waals surface area contributed by atoms with Crippen molar-refractivity contribution in [3.63, 3.8) is 0 Å². The van der Waals surface area contributed by atoms with E-state index >= 15 is 0 Å². The first-order valence-electron chi connectivity index (χ1n) is 6.49. The molecule has 0 radical (unpaired) electrons. The van der Waals surface area contributed by atoms with Crippen molar-refractivity contribution in [2.45, 2.75) is 44.6 Å². The van der Waals surface area contributed by atoms with Crippen LogP contribution in [0.3, 0.4) is 0 Å². The van der Waals surface area contributed by atoms with Gasteiger partial charge in [-0.25, -0.2) is 0 Å². The molecule has 0 saturated heterocycles. The highest BCUT2D eigenvalue weighted by Crippen LogP contribution is 2.58. The van der Waals surface area contributed by atoms with Gasteiger partial charge in [-0.05, 0) is 55.8 Å². The van der Waals surface area contributed by atoms with Gasteiger partial charge in [0.1, 0.15) is 5.88 Å². The lowest BCUT2D eigenvalue weighted by atomic mass is 9.49. The lowest BCUT2D eigenvalue weighted by molar-refractivity contribution is -0.126. The largest absolute Gasteiger partial charge is 0.350 e. The first-order chi connectivity index (χ1) is 7.62. The summed E-state index contributed by atoms with van der Waals surface area (Å²) in [5.74, 6) is 3.57. The van der Waals surface area contributed by atoms with Gasteiger partial charge in [0.25, 0.3) is 0 Å². The van der Waals surface area contributed by atoms with Crippen LogP contribution in [0.5, 0.6) is 0 Å². The summed E-state index contributed by atoms with van der Waals surface area (Å²) in [5.41, 5.74) is 0.120. The van der Waals surface area contributed by atoms with Crippen LogP contribution in [0, 0.1) is 23.7 Å². The summed E-state index contributed by atoms with van der Waals surface area (Å²) < 4.78 is 0. The summed E-state index contributed by atoms with van der Waals surface area (Å²) in [7, 11) is 0. The maximum atomic E-state index is 11.5. The van der Waals surface area contributed by atoms with Crippen LogP contribution in [-0.4, -0.2) is 17.3 Å². The fourth-order valence-electron chi connectivity index (χ4n) is 4.76. The van der Waals surface area contributed by atoms with E-state index in [1.165, 1.54) is 32.1 Å². The average Bonchev–Trinajstić information content (AvgIpc) is 2.24. The molecule has 4 rings (SSSR count). The van der Waals surface area contributed by atoms with Crippen LogP contribution in [-0.2, 0) is 4.79 Å². The molecule has 3 heteroatoms. The Bertz CT molecular complexity index is 301. The highest BCUT2D eigenvalue weighted by atomic mass is 35.5. The minimum absolute atomic E-state index is 0.0243. The molecular weight excluding hydrogens is 222 g/mol. The summed E-state index contributed by atoms with van der Waals surface area (Å²) in [6, 6.07) is 0. The molecule has 1 N–H and O–H groups in total. The Balaban J connectivity index is 1.80. The summed E-state index contributed by atoms with van der Waals surface area (Å²) in [6.07, 6.45) is 6.40. The van der Waals surface area contributed by atoms with Gasteiger partial charge in [-0.1, -0.05) is 6.92 Å². The second-order valence-electron chi connectivity index (χ2n) is 6.29. The molecule has 0 aromatic rings. The third kappa shape index (κ3) is 1.57. The maximum Gasteiger partial charge on any atom is 0.235 e. The van der Waals surface area contributed by atoms with Gasteiger partial charge in [-0.2, -0.15) is 0 Å². The van der Waals surface area contributed by atoms with E-state index in [0.29, 0.717) is 0 Å². The molecule has 0 heterocycles. The zero-order chi connectivity index (χ0) is 11.3. The fraction of sp³-hybridized carbons (Fsp3) is 0.923. The van der Waals surface area contributed by atoms with Crippen molar-refractivity contribution in [1.29, 1.82) is 0 Å². The molecule has 0 aromatic carbocycles. The van der Waals surface area contributed by atoms with Gasteiger partial charge in [-0.15, -0.1) is 11.6 Å². The molecule has 3 unspecified atom stereocenters. The van der Waals surface area contributed by atoms with Gasteiger partial charge >= 0.3 is 0 Å². The number of hydrogen-bond acceptors (Lipinski definition) is 1. The molecule has 4 fully saturated rings. The van der Waals surface area contributed by atoms with Gasteiger partial charge in [0.2, 0.25) is 5.91 Å². The molecular formula is C13H20ClNO. The number of carbonyl (C=O) groups is 1. The predicted molar refractivity (Wildman–Crippen MR) is 64.3 cm³/mol. The topological polar surface area (TPSA) is 29.1 Å². The monoisotopic (exact) mass is 241 g/mol. The lowest BCUT2D eigenvalue weighted by Gasteiger charge is -2.59. The van der Waals surface area contributed by atoms with E-state index in [2.05, 4.69) is 12.2 Å². The molecule has 4 aliphatic carbocycles. The van der Waals surface area contributed by atoms with Crippen LogP contribution >= 0.6 is 11.6 Å². The second-order valence-corrected chi connectivity index (χ2v) is 6.56. The van der Waals surface area contributed by atoms with Crippen molar-refractivity contribution in [2.75, 3.05) is 5.88 Å². The quantitative estimate of drug-likeness (QED) is 0.740. The van der Waals surface area contributed by atoms with E-state index in [0.717, 1.165) is 23.7 Å². The molecule has 1 amide bonds. The summed E-state index contributed by atoms with van der Waals surface area (Å²) in [4.78, 5) is 11.5. The van der Waals surface area contributed by atoms with Crippen LogP contribution in [0.25, 0.3) is 0 Å². The van der Waals surface area contributed by atoms with Gasteiger partial charge in [-0.3, -0.25) is 4.79 Å². The van der Waals surface area contributed by atoms with Crippen molar-refractivity contribution in [2.24, 2.45) is 23.7 Å². The average molecular weight is 242 g/mol.